The predicted molar refractivity (Wildman–Crippen MR) is 187 cm³/mol. The van der Waals surface area contributed by atoms with E-state index in [1.165, 1.54) is 17.5 Å². The van der Waals surface area contributed by atoms with Gasteiger partial charge in [-0.05, 0) is 68.9 Å². The molecule has 1 aliphatic heterocycles. The van der Waals surface area contributed by atoms with Crippen molar-refractivity contribution < 1.29 is 9.59 Å². The van der Waals surface area contributed by atoms with Crippen LogP contribution < -0.4 is 20.9 Å². The van der Waals surface area contributed by atoms with Crippen molar-refractivity contribution in [2.45, 2.75) is 84.7 Å². The lowest BCUT2D eigenvalue weighted by Crippen LogP contribution is -2.46. The van der Waals surface area contributed by atoms with Gasteiger partial charge in [-0.1, -0.05) is 93.3 Å². The number of urea groups is 1. The number of hydrogen-bond acceptors (Lipinski definition) is 4. The molecule has 3 amide bonds. The number of nitrogens with zero attached hydrogens (tertiary/aromatic N) is 3. The zero-order valence-corrected chi connectivity index (χ0v) is 27.8. The molecule has 3 N–H and O–H groups in total. The van der Waals surface area contributed by atoms with Gasteiger partial charge in [0.05, 0.1) is 17.3 Å². The Hall–Kier alpha value is -3.84. The standard InChI is InChI=1S/C38H53N5O2/c1-5-8-9-10-17-24-43(38(39)45)35-29(4)27-33(41(6-2)7-3)28-34(35)37(44)40-32-22-25-42(26-23-32)36(30-18-13-11-14-19-30)31-20-15-12-16-21-31/h11-16,18-21,27-28,32,36H,5-10,17,22-26H2,1-4H3,(H2,39,45)(H,40,44). The first-order chi connectivity index (χ1) is 21.9. The minimum atomic E-state index is -0.514. The quantitative estimate of drug-likeness (QED) is 0.173. The molecule has 7 nitrogen and oxygen atoms in total. The fourth-order valence-electron chi connectivity index (χ4n) is 6.72. The van der Waals surface area contributed by atoms with Crippen molar-refractivity contribution in [1.29, 1.82) is 0 Å². The van der Waals surface area contributed by atoms with E-state index < -0.39 is 6.03 Å². The third kappa shape index (κ3) is 8.88. The van der Waals surface area contributed by atoms with Crippen LogP contribution in [0.4, 0.5) is 16.2 Å². The van der Waals surface area contributed by atoms with Crippen LogP contribution in [0.3, 0.4) is 0 Å². The molecule has 242 valence electrons. The molecule has 4 rings (SSSR count). The number of carbonyl (C=O) groups is 2. The number of likely N-dealkylation sites (tertiary alicyclic amines) is 1. The van der Waals surface area contributed by atoms with Gasteiger partial charge >= 0.3 is 6.03 Å². The summed E-state index contributed by atoms with van der Waals surface area (Å²) in [5.74, 6) is -0.138. The molecule has 7 heteroatoms. The Labute approximate surface area is 270 Å². The number of amides is 3. The number of carbonyl (C=O) groups excluding carboxylic acids is 2. The maximum Gasteiger partial charge on any atom is 0.319 e. The molecule has 0 atom stereocenters. The normalized spacial score (nSPS) is 14.0. The van der Waals surface area contributed by atoms with Crippen molar-refractivity contribution in [1.82, 2.24) is 10.2 Å². The number of primary amides is 1. The highest BCUT2D eigenvalue weighted by atomic mass is 16.2. The lowest BCUT2D eigenvalue weighted by Gasteiger charge is -2.38. The molecule has 3 aromatic carbocycles. The minimum Gasteiger partial charge on any atom is -0.372 e. The van der Waals surface area contributed by atoms with Crippen LogP contribution in [-0.2, 0) is 0 Å². The van der Waals surface area contributed by atoms with Crippen LogP contribution in [0.1, 0.15) is 98.8 Å². The van der Waals surface area contributed by atoms with Crippen molar-refractivity contribution in [2.75, 3.05) is 42.5 Å². The summed E-state index contributed by atoms with van der Waals surface area (Å²) in [6.45, 7) is 12.3. The predicted octanol–water partition coefficient (Wildman–Crippen LogP) is 7.68. The van der Waals surface area contributed by atoms with Gasteiger partial charge < -0.3 is 16.0 Å². The van der Waals surface area contributed by atoms with Gasteiger partial charge in [-0.2, -0.15) is 0 Å². The molecule has 1 aliphatic rings. The maximum atomic E-state index is 14.1. The third-order valence-corrected chi connectivity index (χ3v) is 9.14. The van der Waals surface area contributed by atoms with Gasteiger partial charge in [0.15, 0.2) is 0 Å². The summed E-state index contributed by atoms with van der Waals surface area (Å²) < 4.78 is 0. The molecular weight excluding hydrogens is 558 g/mol. The highest BCUT2D eigenvalue weighted by Gasteiger charge is 2.30. The molecule has 0 aromatic heterocycles. The van der Waals surface area contributed by atoms with Crippen molar-refractivity contribution in [3.8, 4) is 0 Å². The highest BCUT2D eigenvalue weighted by Crippen LogP contribution is 2.33. The second-order valence-electron chi connectivity index (χ2n) is 12.2. The molecule has 1 fully saturated rings. The van der Waals surface area contributed by atoms with Crippen LogP contribution in [0.25, 0.3) is 0 Å². The van der Waals surface area contributed by atoms with E-state index in [-0.39, 0.29) is 18.0 Å². The number of anilines is 2. The third-order valence-electron chi connectivity index (χ3n) is 9.14. The van der Waals surface area contributed by atoms with Gasteiger partial charge in [0.25, 0.3) is 5.91 Å². The van der Waals surface area contributed by atoms with Crippen molar-refractivity contribution in [3.05, 3.63) is 95.1 Å². The zero-order valence-electron chi connectivity index (χ0n) is 27.8. The summed E-state index contributed by atoms with van der Waals surface area (Å²) in [6.07, 6.45) is 7.05. The van der Waals surface area contributed by atoms with Crippen LogP contribution in [0, 0.1) is 6.92 Å². The van der Waals surface area contributed by atoms with Crippen LogP contribution >= 0.6 is 0 Å². The molecule has 1 saturated heterocycles. The number of unbranched alkanes of at least 4 members (excludes halogenated alkanes) is 4. The van der Waals surface area contributed by atoms with Crippen LogP contribution in [-0.4, -0.2) is 55.6 Å². The second-order valence-corrected chi connectivity index (χ2v) is 12.2. The van der Waals surface area contributed by atoms with Crippen molar-refractivity contribution in [2.24, 2.45) is 5.73 Å². The number of aryl methyl sites for hydroxylation is 1. The van der Waals surface area contributed by atoms with Crippen molar-refractivity contribution >= 4 is 23.3 Å². The Balaban J connectivity index is 1.54. The van der Waals surface area contributed by atoms with Gasteiger partial charge in [-0.3, -0.25) is 14.6 Å². The molecule has 0 bridgehead atoms. The van der Waals surface area contributed by atoms with Crippen LogP contribution in [0.15, 0.2) is 72.8 Å². The van der Waals surface area contributed by atoms with Crippen molar-refractivity contribution in [3.63, 3.8) is 0 Å². The molecule has 0 spiro atoms. The van der Waals surface area contributed by atoms with Gasteiger partial charge in [-0.25, -0.2) is 4.79 Å². The Morgan fingerprint density at radius 2 is 1.44 bits per heavy atom. The lowest BCUT2D eigenvalue weighted by molar-refractivity contribution is 0.0901. The molecular formula is C38H53N5O2. The lowest BCUT2D eigenvalue weighted by atomic mass is 9.93. The van der Waals surface area contributed by atoms with Gasteiger partial charge in [0, 0.05) is 44.5 Å². The number of nitrogens with two attached hydrogens (primary N) is 1. The molecule has 0 saturated carbocycles. The summed E-state index contributed by atoms with van der Waals surface area (Å²) >= 11 is 0. The summed E-state index contributed by atoms with van der Waals surface area (Å²) in [5.41, 5.74) is 11.6. The Bertz CT molecular complexity index is 1310. The number of hydrogen-bond donors (Lipinski definition) is 2. The molecule has 0 unspecified atom stereocenters. The SMILES string of the molecule is CCCCCCCN(C(N)=O)c1c(C)cc(N(CC)CC)cc1C(=O)NC1CCN(C(c2ccccc2)c2ccccc2)CC1. The van der Waals surface area contributed by atoms with Gasteiger partial charge in [0.2, 0.25) is 0 Å². The summed E-state index contributed by atoms with van der Waals surface area (Å²) in [6, 6.07) is 25.1. The Kier molecular flexibility index (Phi) is 12.9. The first-order valence-corrected chi connectivity index (χ1v) is 17.0. The maximum absolute atomic E-state index is 14.1. The fourth-order valence-corrected chi connectivity index (χ4v) is 6.72. The monoisotopic (exact) mass is 611 g/mol. The average molecular weight is 612 g/mol. The second kappa shape index (κ2) is 17.0. The molecule has 45 heavy (non-hydrogen) atoms. The van der Waals surface area contributed by atoms with Gasteiger partial charge in [0.1, 0.15) is 0 Å². The summed E-state index contributed by atoms with van der Waals surface area (Å²) in [7, 11) is 0. The number of rotatable bonds is 15. The van der Waals surface area contributed by atoms with E-state index in [2.05, 4.69) is 103 Å². The number of piperidine rings is 1. The highest BCUT2D eigenvalue weighted by molar-refractivity contribution is 6.06. The van der Waals surface area contributed by atoms with E-state index >= 15 is 0 Å². The smallest absolute Gasteiger partial charge is 0.319 e. The Morgan fingerprint density at radius 3 is 1.98 bits per heavy atom. The average Bonchev–Trinajstić information content (AvgIpc) is 3.05. The van der Waals surface area contributed by atoms with E-state index in [1.807, 2.05) is 13.0 Å². The van der Waals surface area contributed by atoms with Crippen LogP contribution in [0.5, 0.6) is 0 Å². The van der Waals surface area contributed by atoms with Gasteiger partial charge in [-0.15, -0.1) is 0 Å². The van der Waals surface area contributed by atoms with E-state index in [9.17, 15) is 9.59 Å². The fraction of sp³-hybridized carbons (Fsp3) is 0.474. The van der Waals surface area contributed by atoms with E-state index in [1.54, 1.807) is 4.90 Å². The minimum absolute atomic E-state index is 0.0438. The largest absolute Gasteiger partial charge is 0.372 e. The molecule has 0 aliphatic carbocycles. The summed E-state index contributed by atoms with van der Waals surface area (Å²) in [4.78, 5) is 33.3. The van der Waals surface area contributed by atoms with E-state index in [0.29, 0.717) is 17.8 Å². The molecule has 1 heterocycles. The summed E-state index contributed by atoms with van der Waals surface area (Å²) in [5, 5.41) is 3.36. The first-order valence-electron chi connectivity index (χ1n) is 17.0. The zero-order chi connectivity index (χ0) is 32.2. The Morgan fingerprint density at radius 1 is 0.867 bits per heavy atom. The number of nitrogens with one attached hydrogen (secondary N) is 1. The number of benzene rings is 3. The molecule has 0 radical (unpaired) electrons. The first kappa shape index (κ1) is 34.0. The molecule has 3 aromatic rings. The van der Waals surface area contributed by atoms with Crippen LogP contribution in [0.2, 0.25) is 0 Å². The topological polar surface area (TPSA) is 81.9 Å². The van der Waals surface area contributed by atoms with E-state index in [0.717, 1.165) is 76.0 Å². The van der Waals surface area contributed by atoms with E-state index in [4.69, 9.17) is 5.73 Å².